The van der Waals surface area contributed by atoms with Gasteiger partial charge in [0.05, 0.1) is 11.3 Å². The van der Waals surface area contributed by atoms with Crippen molar-refractivity contribution in [1.29, 1.82) is 5.26 Å². The van der Waals surface area contributed by atoms with E-state index in [4.69, 9.17) is 22.6 Å². The maximum atomic E-state index is 13.6. The molecule has 0 heterocycles. The molecule has 2 aromatic carbocycles. The molecule has 2 rings (SSSR count). The summed E-state index contributed by atoms with van der Waals surface area (Å²) >= 11 is 5.66. The summed E-state index contributed by atoms with van der Waals surface area (Å²) in [6, 6.07) is 11.1. The Morgan fingerprint density at radius 3 is 2.67 bits per heavy atom. The van der Waals surface area contributed by atoms with Gasteiger partial charge >= 0.3 is 0 Å². The minimum atomic E-state index is -0.460. The van der Waals surface area contributed by atoms with Crippen molar-refractivity contribution in [2.24, 2.45) is 0 Å². The maximum absolute atomic E-state index is 13.6. The van der Waals surface area contributed by atoms with Gasteiger partial charge in [0.2, 0.25) is 0 Å². The van der Waals surface area contributed by atoms with Crippen molar-refractivity contribution in [2.75, 3.05) is 11.1 Å². The summed E-state index contributed by atoms with van der Waals surface area (Å²) in [5.41, 5.74) is 7.20. The quantitative estimate of drug-likeness (QED) is 0.811. The standard InChI is InChI=1S/C13H9ClFN3/c14-9-1-4-13(11(15)6-9)18-10-2-3-12(17)8(5-10)7-16/h1-6,18H,17H2. The van der Waals surface area contributed by atoms with Crippen molar-refractivity contribution in [3.05, 3.63) is 52.8 Å². The molecule has 0 unspecified atom stereocenters. The van der Waals surface area contributed by atoms with E-state index in [-0.39, 0.29) is 5.69 Å². The molecule has 0 atom stereocenters. The molecule has 5 heteroatoms. The Labute approximate surface area is 109 Å². The molecule has 0 aliphatic carbocycles. The Morgan fingerprint density at radius 1 is 1.22 bits per heavy atom. The second-order valence-corrected chi connectivity index (χ2v) is 4.10. The van der Waals surface area contributed by atoms with Crippen LogP contribution in [-0.2, 0) is 0 Å². The fraction of sp³-hybridized carbons (Fsp3) is 0. The fourth-order valence-corrected chi connectivity index (χ4v) is 1.64. The summed E-state index contributed by atoms with van der Waals surface area (Å²) in [7, 11) is 0. The third kappa shape index (κ3) is 2.53. The molecule has 3 N–H and O–H groups in total. The Morgan fingerprint density at radius 2 is 2.00 bits per heavy atom. The van der Waals surface area contributed by atoms with Crippen molar-refractivity contribution in [3.63, 3.8) is 0 Å². The number of anilines is 3. The van der Waals surface area contributed by atoms with E-state index in [1.807, 2.05) is 6.07 Å². The van der Waals surface area contributed by atoms with Crippen molar-refractivity contribution in [3.8, 4) is 6.07 Å². The third-order valence-corrected chi connectivity index (χ3v) is 2.62. The lowest BCUT2D eigenvalue weighted by Gasteiger charge is -2.08. The van der Waals surface area contributed by atoms with Gasteiger partial charge in [-0.25, -0.2) is 4.39 Å². The zero-order chi connectivity index (χ0) is 13.1. The minimum absolute atomic E-state index is 0.285. The predicted molar refractivity (Wildman–Crippen MR) is 70.3 cm³/mol. The second-order valence-electron chi connectivity index (χ2n) is 3.66. The van der Waals surface area contributed by atoms with Crippen molar-refractivity contribution >= 4 is 28.7 Å². The van der Waals surface area contributed by atoms with Crippen LogP contribution in [0.4, 0.5) is 21.5 Å². The lowest BCUT2D eigenvalue weighted by Crippen LogP contribution is -1.96. The highest BCUT2D eigenvalue weighted by Crippen LogP contribution is 2.24. The number of hydrogen-bond donors (Lipinski definition) is 2. The van der Waals surface area contributed by atoms with Crippen LogP contribution in [-0.4, -0.2) is 0 Å². The highest BCUT2D eigenvalue weighted by molar-refractivity contribution is 6.30. The number of nitrogens with zero attached hydrogens (tertiary/aromatic N) is 1. The van der Waals surface area contributed by atoms with E-state index in [1.54, 1.807) is 24.3 Å². The van der Waals surface area contributed by atoms with Crippen LogP contribution in [0.15, 0.2) is 36.4 Å². The average Bonchev–Trinajstić information content (AvgIpc) is 2.35. The van der Waals surface area contributed by atoms with Gasteiger partial charge in [-0.15, -0.1) is 0 Å². The van der Waals surface area contributed by atoms with E-state index in [0.717, 1.165) is 0 Å². The normalized spacial score (nSPS) is 9.83. The number of hydrogen-bond acceptors (Lipinski definition) is 3. The molecule has 90 valence electrons. The SMILES string of the molecule is N#Cc1cc(Nc2ccc(Cl)cc2F)ccc1N. The van der Waals surface area contributed by atoms with Gasteiger partial charge < -0.3 is 11.1 Å². The van der Waals surface area contributed by atoms with Gasteiger partial charge in [0.15, 0.2) is 0 Å². The first-order chi connectivity index (χ1) is 8.60. The van der Waals surface area contributed by atoms with E-state index < -0.39 is 5.82 Å². The van der Waals surface area contributed by atoms with E-state index in [1.165, 1.54) is 12.1 Å². The van der Waals surface area contributed by atoms with Gasteiger partial charge in [-0.05, 0) is 36.4 Å². The molecule has 0 aromatic heterocycles. The van der Waals surface area contributed by atoms with Gasteiger partial charge in [-0.1, -0.05) is 11.6 Å². The summed E-state index contributed by atoms with van der Waals surface area (Å²) in [6.07, 6.45) is 0. The smallest absolute Gasteiger partial charge is 0.148 e. The molecule has 0 spiro atoms. The lowest BCUT2D eigenvalue weighted by atomic mass is 10.1. The number of benzene rings is 2. The third-order valence-electron chi connectivity index (χ3n) is 2.38. The summed E-state index contributed by atoms with van der Waals surface area (Å²) in [5.74, 6) is -0.460. The monoisotopic (exact) mass is 261 g/mol. The molecular formula is C13H9ClFN3. The van der Waals surface area contributed by atoms with Gasteiger partial charge in [-0.3, -0.25) is 0 Å². The van der Waals surface area contributed by atoms with Crippen LogP contribution < -0.4 is 11.1 Å². The lowest BCUT2D eigenvalue weighted by molar-refractivity contribution is 0.632. The van der Waals surface area contributed by atoms with Crippen molar-refractivity contribution < 1.29 is 4.39 Å². The molecule has 0 radical (unpaired) electrons. The average molecular weight is 262 g/mol. The van der Waals surface area contributed by atoms with Gasteiger partial charge in [0.1, 0.15) is 11.9 Å². The van der Waals surface area contributed by atoms with Crippen LogP contribution >= 0.6 is 11.6 Å². The van der Waals surface area contributed by atoms with Crippen LogP contribution in [0.1, 0.15) is 5.56 Å². The molecule has 18 heavy (non-hydrogen) atoms. The van der Waals surface area contributed by atoms with Crippen LogP contribution in [0.3, 0.4) is 0 Å². The number of nitriles is 1. The Kier molecular flexibility index (Phi) is 3.35. The second kappa shape index (κ2) is 4.94. The van der Waals surface area contributed by atoms with Crippen molar-refractivity contribution in [1.82, 2.24) is 0 Å². The predicted octanol–water partition coefficient (Wildman–Crippen LogP) is 3.68. The Bertz CT molecular complexity index is 635. The first kappa shape index (κ1) is 12.2. The highest BCUT2D eigenvalue weighted by atomic mass is 35.5. The van der Waals surface area contributed by atoms with Gasteiger partial charge in [0.25, 0.3) is 0 Å². The maximum Gasteiger partial charge on any atom is 0.148 e. The van der Waals surface area contributed by atoms with Crippen LogP contribution in [0.2, 0.25) is 5.02 Å². The first-order valence-electron chi connectivity index (χ1n) is 5.12. The molecule has 0 saturated heterocycles. The van der Waals surface area contributed by atoms with Crippen molar-refractivity contribution in [2.45, 2.75) is 0 Å². The van der Waals surface area contributed by atoms with Gasteiger partial charge in [-0.2, -0.15) is 5.26 Å². The largest absolute Gasteiger partial charge is 0.398 e. The number of nitrogens with two attached hydrogens (primary N) is 1. The van der Waals surface area contributed by atoms with Crippen LogP contribution in [0.25, 0.3) is 0 Å². The summed E-state index contributed by atoms with van der Waals surface area (Å²) < 4.78 is 13.6. The molecule has 2 aromatic rings. The van der Waals surface area contributed by atoms with E-state index >= 15 is 0 Å². The van der Waals surface area contributed by atoms with E-state index in [0.29, 0.717) is 22.0 Å². The molecule has 0 aliphatic rings. The molecule has 3 nitrogen and oxygen atoms in total. The first-order valence-corrected chi connectivity index (χ1v) is 5.49. The molecule has 0 saturated carbocycles. The number of rotatable bonds is 2. The molecule has 0 aliphatic heterocycles. The Hall–Kier alpha value is -2.25. The Balaban J connectivity index is 2.32. The number of nitrogen functional groups attached to an aromatic ring is 1. The number of halogens is 2. The fourth-order valence-electron chi connectivity index (χ4n) is 1.48. The number of nitrogens with one attached hydrogen (secondary N) is 1. The minimum Gasteiger partial charge on any atom is -0.398 e. The zero-order valence-electron chi connectivity index (χ0n) is 9.24. The van der Waals surface area contributed by atoms with Crippen LogP contribution in [0.5, 0.6) is 0 Å². The van der Waals surface area contributed by atoms with Gasteiger partial charge in [0, 0.05) is 16.4 Å². The van der Waals surface area contributed by atoms with Crippen LogP contribution in [0, 0.1) is 17.1 Å². The molecule has 0 amide bonds. The van der Waals surface area contributed by atoms with E-state index in [9.17, 15) is 4.39 Å². The summed E-state index contributed by atoms with van der Waals surface area (Å²) in [6.45, 7) is 0. The van der Waals surface area contributed by atoms with E-state index in [2.05, 4.69) is 5.32 Å². The molecule has 0 fully saturated rings. The topological polar surface area (TPSA) is 61.8 Å². The molecule has 0 bridgehead atoms. The summed E-state index contributed by atoms with van der Waals surface area (Å²) in [5, 5.41) is 12.0. The summed E-state index contributed by atoms with van der Waals surface area (Å²) in [4.78, 5) is 0. The molecular weight excluding hydrogens is 253 g/mol. The zero-order valence-corrected chi connectivity index (χ0v) is 10.0. The highest BCUT2D eigenvalue weighted by Gasteiger charge is 2.05.